The second-order valence-corrected chi connectivity index (χ2v) is 12.6. The van der Waals surface area contributed by atoms with Crippen molar-refractivity contribution in [2.45, 2.75) is 43.4 Å². The standard InChI is InChI=1S/C37H36N2O4S/c1-27-19-23-32(24-20-27)44(42,43)39-37(41)34(31-22-21-28-12-7-8-15-30(28)26-31)17-6-3-11-25-38-36(40)35-18-10-9-16-33(35)29-13-4-2-5-14-29/h2,4-5,7-10,12-16,18-24,26,34H,3,6,11,17,25H2,1H3,(H,38,40)(H,39,41). The molecule has 0 aliphatic heterocycles. The van der Waals surface area contributed by atoms with Crippen LogP contribution in [0.2, 0.25) is 0 Å². The van der Waals surface area contributed by atoms with Crippen molar-refractivity contribution < 1.29 is 18.0 Å². The summed E-state index contributed by atoms with van der Waals surface area (Å²) in [5.41, 5.74) is 4.20. The Bertz CT molecular complexity index is 1850. The third kappa shape index (κ3) is 7.60. The predicted molar refractivity (Wildman–Crippen MR) is 176 cm³/mol. The normalized spacial score (nSPS) is 12.0. The van der Waals surface area contributed by atoms with Crippen LogP contribution in [0.5, 0.6) is 0 Å². The number of amides is 2. The Morgan fingerprint density at radius 1 is 0.705 bits per heavy atom. The van der Waals surface area contributed by atoms with Crippen molar-refractivity contribution >= 4 is 32.6 Å². The maximum Gasteiger partial charge on any atom is 0.264 e. The third-order valence-electron chi connectivity index (χ3n) is 7.77. The van der Waals surface area contributed by atoms with Crippen molar-refractivity contribution in [3.05, 3.63) is 138 Å². The largest absolute Gasteiger partial charge is 0.352 e. The first-order chi connectivity index (χ1) is 21.3. The van der Waals surface area contributed by atoms with E-state index >= 15 is 0 Å². The van der Waals surface area contributed by atoms with Gasteiger partial charge in [-0.1, -0.05) is 122 Å². The summed E-state index contributed by atoms with van der Waals surface area (Å²) in [6.45, 7) is 2.37. The number of carbonyl (C=O) groups is 2. The highest BCUT2D eigenvalue weighted by atomic mass is 32.2. The molecule has 0 bridgehead atoms. The number of benzene rings is 5. The molecule has 44 heavy (non-hydrogen) atoms. The molecule has 0 spiro atoms. The molecule has 224 valence electrons. The molecule has 0 fully saturated rings. The fraction of sp³-hybridized carbons (Fsp3) is 0.189. The number of unbranched alkanes of at least 4 members (excludes halogenated alkanes) is 2. The molecule has 2 amide bonds. The van der Waals surface area contributed by atoms with Crippen LogP contribution in [-0.2, 0) is 14.8 Å². The quantitative estimate of drug-likeness (QED) is 0.145. The first-order valence-corrected chi connectivity index (χ1v) is 16.3. The summed E-state index contributed by atoms with van der Waals surface area (Å²) in [5.74, 6) is -1.32. The topological polar surface area (TPSA) is 92.3 Å². The van der Waals surface area contributed by atoms with Crippen LogP contribution in [0, 0.1) is 6.92 Å². The first kappa shape index (κ1) is 30.7. The average molecular weight is 605 g/mol. The molecule has 7 heteroatoms. The Morgan fingerprint density at radius 2 is 1.39 bits per heavy atom. The Balaban J connectivity index is 1.22. The van der Waals surface area contributed by atoms with Crippen molar-refractivity contribution in [3.8, 4) is 11.1 Å². The van der Waals surface area contributed by atoms with Crippen molar-refractivity contribution in [1.29, 1.82) is 0 Å². The number of fused-ring (bicyclic) bond motifs is 1. The SMILES string of the molecule is Cc1ccc(S(=O)(=O)NC(=O)C(CCCCCNC(=O)c2ccccc2-c2ccccc2)c2ccc3ccccc3c2)cc1. The molecule has 5 aromatic rings. The van der Waals surface area contributed by atoms with E-state index in [2.05, 4.69) is 10.0 Å². The number of nitrogens with one attached hydrogen (secondary N) is 2. The molecule has 0 aliphatic carbocycles. The van der Waals surface area contributed by atoms with Gasteiger partial charge in [0.15, 0.2) is 0 Å². The molecule has 0 aromatic heterocycles. The van der Waals surface area contributed by atoms with E-state index in [9.17, 15) is 18.0 Å². The smallest absolute Gasteiger partial charge is 0.264 e. The van der Waals surface area contributed by atoms with Crippen LogP contribution in [0.3, 0.4) is 0 Å². The fourth-order valence-electron chi connectivity index (χ4n) is 5.35. The summed E-state index contributed by atoms with van der Waals surface area (Å²) in [5, 5.41) is 5.06. The highest BCUT2D eigenvalue weighted by molar-refractivity contribution is 7.90. The Morgan fingerprint density at radius 3 is 2.16 bits per heavy atom. The van der Waals surface area contributed by atoms with Gasteiger partial charge >= 0.3 is 0 Å². The van der Waals surface area contributed by atoms with Crippen LogP contribution in [-0.4, -0.2) is 26.8 Å². The fourth-order valence-corrected chi connectivity index (χ4v) is 6.37. The lowest BCUT2D eigenvalue weighted by Crippen LogP contribution is -2.34. The average Bonchev–Trinajstić information content (AvgIpc) is 3.04. The maximum absolute atomic E-state index is 13.5. The van der Waals surface area contributed by atoms with Crippen molar-refractivity contribution in [2.24, 2.45) is 0 Å². The van der Waals surface area contributed by atoms with Crippen LogP contribution in [0.4, 0.5) is 0 Å². The van der Waals surface area contributed by atoms with Gasteiger partial charge in [-0.3, -0.25) is 9.59 Å². The Kier molecular flexibility index (Phi) is 9.87. The third-order valence-corrected chi connectivity index (χ3v) is 9.13. The number of rotatable bonds is 12. The Labute approximate surface area is 259 Å². The summed E-state index contributed by atoms with van der Waals surface area (Å²) in [7, 11) is -4.02. The molecule has 5 rings (SSSR count). The molecule has 0 radical (unpaired) electrons. The maximum atomic E-state index is 13.5. The molecule has 0 saturated heterocycles. The molecule has 6 nitrogen and oxygen atoms in total. The molecular formula is C37H36N2O4S. The van der Waals surface area contributed by atoms with Gasteiger partial charge in [-0.05, 0) is 65.4 Å². The van der Waals surface area contributed by atoms with E-state index in [0.717, 1.165) is 45.9 Å². The van der Waals surface area contributed by atoms with Crippen LogP contribution in [0.15, 0.2) is 126 Å². The van der Waals surface area contributed by atoms with Crippen LogP contribution in [0.1, 0.15) is 53.1 Å². The summed E-state index contributed by atoms with van der Waals surface area (Å²) < 4.78 is 28.4. The summed E-state index contributed by atoms with van der Waals surface area (Å²) in [4.78, 5) is 26.6. The van der Waals surface area contributed by atoms with Crippen molar-refractivity contribution in [2.75, 3.05) is 6.54 Å². The molecule has 0 aliphatic rings. The van der Waals surface area contributed by atoms with E-state index in [4.69, 9.17) is 0 Å². The monoisotopic (exact) mass is 604 g/mol. The van der Waals surface area contributed by atoms with Crippen molar-refractivity contribution in [3.63, 3.8) is 0 Å². The van der Waals surface area contributed by atoms with Gasteiger partial charge in [0, 0.05) is 12.1 Å². The van der Waals surface area contributed by atoms with Gasteiger partial charge < -0.3 is 5.32 Å². The van der Waals surface area contributed by atoms with Gasteiger partial charge in [0.05, 0.1) is 10.8 Å². The van der Waals surface area contributed by atoms with Gasteiger partial charge in [-0.15, -0.1) is 0 Å². The predicted octanol–water partition coefficient (Wildman–Crippen LogP) is 7.39. The van der Waals surface area contributed by atoms with E-state index in [1.165, 1.54) is 12.1 Å². The minimum Gasteiger partial charge on any atom is -0.352 e. The zero-order chi connectivity index (χ0) is 30.9. The van der Waals surface area contributed by atoms with Crippen LogP contribution < -0.4 is 10.0 Å². The summed E-state index contributed by atoms with van der Waals surface area (Å²) in [6, 6.07) is 37.5. The number of hydrogen-bond acceptors (Lipinski definition) is 4. The zero-order valence-electron chi connectivity index (χ0n) is 24.7. The second kappa shape index (κ2) is 14.1. The number of aryl methyl sites for hydroxylation is 1. The lowest BCUT2D eigenvalue weighted by Gasteiger charge is -2.18. The molecule has 1 unspecified atom stereocenters. The van der Waals surface area contributed by atoms with E-state index in [1.807, 2.05) is 104 Å². The second-order valence-electron chi connectivity index (χ2n) is 11.0. The van der Waals surface area contributed by atoms with E-state index in [0.29, 0.717) is 24.9 Å². The van der Waals surface area contributed by atoms with Crippen LogP contribution >= 0.6 is 0 Å². The lowest BCUT2D eigenvalue weighted by atomic mass is 9.91. The Hall–Kier alpha value is -4.75. The summed E-state index contributed by atoms with van der Waals surface area (Å²) in [6.07, 6.45) is 2.65. The number of sulfonamides is 1. The van der Waals surface area contributed by atoms with Gasteiger partial charge in [0.2, 0.25) is 5.91 Å². The van der Waals surface area contributed by atoms with Gasteiger partial charge in [-0.25, -0.2) is 13.1 Å². The van der Waals surface area contributed by atoms with E-state index in [1.54, 1.807) is 12.1 Å². The summed E-state index contributed by atoms with van der Waals surface area (Å²) >= 11 is 0. The number of hydrogen-bond donors (Lipinski definition) is 2. The highest BCUT2D eigenvalue weighted by Gasteiger charge is 2.26. The highest BCUT2D eigenvalue weighted by Crippen LogP contribution is 2.28. The molecule has 0 heterocycles. The minimum atomic E-state index is -4.02. The minimum absolute atomic E-state index is 0.0540. The molecular weight excluding hydrogens is 568 g/mol. The van der Waals surface area contributed by atoms with E-state index < -0.39 is 21.8 Å². The first-order valence-electron chi connectivity index (χ1n) is 14.9. The molecule has 2 N–H and O–H groups in total. The van der Waals surface area contributed by atoms with E-state index in [-0.39, 0.29) is 10.8 Å². The molecule has 5 aromatic carbocycles. The van der Waals surface area contributed by atoms with Crippen LogP contribution in [0.25, 0.3) is 21.9 Å². The van der Waals surface area contributed by atoms with Gasteiger partial charge in [0.25, 0.3) is 15.9 Å². The number of carbonyl (C=O) groups excluding carboxylic acids is 2. The molecule has 0 saturated carbocycles. The lowest BCUT2D eigenvalue weighted by molar-refractivity contribution is -0.121. The van der Waals surface area contributed by atoms with Gasteiger partial charge in [0.1, 0.15) is 0 Å². The molecule has 1 atom stereocenters. The van der Waals surface area contributed by atoms with Crippen molar-refractivity contribution in [1.82, 2.24) is 10.0 Å². The zero-order valence-corrected chi connectivity index (χ0v) is 25.5. The van der Waals surface area contributed by atoms with Gasteiger partial charge in [-0.2, -0.15) is 0 Å².